The highest BCUT2D eigenvalue weighted by molar-refractivity contribution is 7.80. The van der Waals surface area contributed by atoms with Crippen LogP contribution in [-0.2, 0) is 0 Å². The van der Waals surface area contributed by atoms with E-state index in [4.69, 9.17) is 12.2 Å². The van der Waals surface area contributed by atoms with Gasteiger partial charge in [0.25, 0.3) is 0 Å². The Labute approximate surface area is 124 Å². The lowest BCUT2D eigenvalue weighted by Gasteiger charge is -2.30. The highest BCUT2D eigenvalue weighted by atomic mass is 32.1. The lowest BCUT2D eigenvalue weighted by atomic mass is 9.86. The van der Waals surface area contributed by atoms with Gasteiger partial charge in [0.05, 0.1) is 6.21 Å². The van der Waals surface area contributed by atoms with Crippen molar-refractivity contribution < 1.29 is 0 Å². The third-order valence-electron chi connectivity index (χ3n) is 3.55. The van der Waals surface area contributed by atoms with E-state index in [-0.39, 0.29) is 0 Å². The van der Waals surface area contributed by atoms with Gasteiger partial charge >= 0.3 is 0 Å². The summed E-state index contributed by atoms with van der Waals surface area (Å²) in [7, 11) is 0. The fourth-order valence-electron chi connectivity index (χ4n) is 2.41. The number of thiocarbonyl (C=S) groups is 1. The normalized spacial score (nSPS) is 23.5. The van der Waals surface area contributed by atoms with Gasteiger partial charge in [-0.2, -0.15) is 5.10 Å². The fraction of sp³-hybridized carbons (Fsp3) is 0.571. The maximum Gasteiger partial charge on any atom is 0.187 e. The summed E-state index contributed by atoms with van der Waals surface area (Å²) >= 11 is 7.00. The molecule has 0 spiro atoms. The van der Waals surface area contributed by atoms with Gasteiger partial charge in [-0.15, -0.1) is 11.3 Å². The molecule has 0 saturated heterocycles. The Hall–Kier alpha value is -0.940. The number of nitrogens with one attached hydrogen (secondary N) is 2. The molecule has 0 amide bonds. The van der Waals surface area contributed by atoms with E-state index >= 15 is 0 Å². The molecule has 1 aromatic rings. The number of aryl methyl sites for hydroxylation is 1. The van der Waals surface area contributed by atoms with Crippen molar-refractivity contribution >= 4 is 34.9 Å². The molecule has 1 heterocycles. The first kappa shape index (κ1) is 14.5. The summed E-state index contributed by atoms with van der Waals surface area (Å²) in [6.07, 6.45) is 6.95. The standard InChI is InChI=1S/C14H21N3S2/c1-10-5-3-4-6-13(10)16-14(18)17-15-9-12-8-7-11(2)19-12/h7-10,13H,3-6H2,1-2H3,(H2,16,17,18)/b15-9-/t10-,13+/m0/s1. The van der Waals surface area contributed by atoms with E-state index in [1.165, 1.54) is 30.6 Å². The molecule has 19 heavy (non-hydrogen) atoms. The van der Waals surface area contributed by atoms with Crippen molar-refractivity contribution in [2.45, 2.75) is 45.6 Å². The molecule has 0 radical (unpaired) electrons. The molecule has 0 aliphatic heterocycles. The quantitative estimate of drug-likeness (QED) is 0.509. The van der Waals surface area contributed by atoms with E-state index in [1.54, 1.807) is 11.3 Å². The Kier molecular flexibility index (Phi) is 5.34. The Morgan fingerprint density at radius 2 is 2.21 bits per heavy atom. The molecule has 2 atom stereocenters. The molecule has 0 unspecified atom stereocenters. The summed E-state index contributed by atoms with van der Waals surface area (Å²) in [6, 6.07) is 4.64. The number of rotatable bonds is 3. The monoisotopic (exact) mass is 295 g/mol. The molecule has 0 aromatic carbocycles. The highest BCUT2D eigenvalue weighted by Gasteiger charge is 2.21. The second kappa shape index (κ2) is 7.01. The molecule has 1 aromatic heterocycles. The van der Waals surface area contributed by atoms with Crippen LogP contribution in [0.3, 0.4) is 0 Å². The van der Waals surface area contributed by atoms with Gasteiger partial charge in [-0.05, 0) is 50.0 Å². The van der Waals surface area contributed by atoms with Crippen LogP contribution in [0.4, 0.5) is 0 Å². The number of thiophene rings is 1. The Morgan fingerprint density at radius 1 is 1.42 bits per heavy atom. The van der Waals surface area contributed by atoms with Gasteiger partial charge in [-0.1, -0.05) is 19.8 Å². The fourth-order valence-corrected chi connectivity index (χ4v) is 3.36. The molecule has 1 saturated carbocycles. The van der Waals surface area contributed by atoms with Crippen LogP contribution in [0.2, 0.25) is 0 Å². The molecule has 1 aliphatic carbocycles. The summed E-state index contributed by atoms with van der Waals surface area (Å²) < 4.78 is 0. The number of hydrogen-bond donors (Lipinski definition) is 2. The SMILES string of the molecule is Cc1ccc(/C=N\NC(=S)N[C@@H]2CCCC[C@@H]2C)s1. The smallest absolute Gasteiger partial charge is 0.187 e. The first-order valence-corrected chi connectivity index (χ1v) is 8.03. The van der Waals surface area contributed by atoms with Gasteiger partial charge in [0, 0.05) is 15.8 Å². The Bertz CT molecular complexity index is 453. The van der Waals surface area contributed by atoms with E-state index in [0.29, 0.717) is 17.1 Å². The summed E-state index contributed by atoms with van der Waals surface area (Å²) in [5.41, 5.74) is 2.90. The third-order valence-corrected chi connectivity index (χ3v) is 4.69. The maximum absolute atomic E-state index is 5.28. The zero-order chi connectivity index (χ0) is 13.7. The minimum absolute atomic E-state index is 0.493. The second-order valence-corrected chi connectivity index (χ2v) is 6.89. The van der Waals surface area contributed by atoms with E-state index in [9.17, 15) is 0 Å². The van der Waals surface area contributed by atoms with E-state index < -0.39 is 0 Å². The summed E-state index contributed by atoms with van der Waals surface area (Å²) in [4.78, 5) is 2.43. The molecule has 5 heteroatoms. The van der Waals surface area contributed by atoms with Crippen LogP contribution in [0.15, 0.2) is 17.2 Å². The minimum atomic E-state index is 0.493. The average molecular weight is 295 g/mol. The lowest BCUT2D eigenvalue weighted by molar-refractivity contribution is 0.308. The minimum Gasteiger partial charge on any atom is -0.358 e. The van der Waals surface area contributed by atoms with E-state index in [0.717, 1.165) is 4.88 Å². The third kappa shape index (κ3) is 4.58. The van der Waals surface area contributed by atoms with Crippen LogP contribution in [-0.4, -0.2) is 17.4 Å². The first-order chi connectivity index (χ1) is 9.15. The van der Waals surface area contributed by atoms with Crippen LogP contribution >= 0.6 is 23.6 Å². The topological polar surface area (TPSA) is 36.4 Å². The van der Waals surface area contributed by atoms with Crippen LogP contribution < -0.4 is 10.7 Å². The van der Waals surface area contributed by atoms with Crippen molar-refractivity contribution in [2.75, 3.05) is 0 Å². The summed E-state index contributed by atoms with van der Waals surface area (Å²) in [6.45, 7) is 4.38. The van der Waals surface area contributed by atoms with Gasteiger partial charge < -0.3 is 5.32 Å². The molecule has 2 N–H and O–H groups in total. The zero-order valence-electron chi connectivity index (χ0n) is 11.5. The van der Waals surface area contributed by atoms with Crippen LogP contribution in [0, 0.1) is 12.8 Å². The lowest BCUT2D eigenvalue weighted by Crippen LogP contribution is -2.44. The zero-order valence-corrected chi connectivity index (χ0v) is 13.1. The number of hydrazone groups is 1. The van der Waals surface area contributed by atoms with Crippen LogP contribution in [0.1, 0.15) is 42.4 Å². The van der Waals surface area contributed by atoms with Crippen LogP contribution in [0.5, 0.6) is 0 Å². The molecule has 1 fully saturated rings. The van der Waals surface area contributed by atoms with Gasteiger partial charge in [0.2, 0.25) is 0 Å². The van der Waals surface area contributed by atoms with Crippen LogP contribution in [0.25, 0.3) is 0 Å². The van der Waals surface area contributed by atoms with Crippen molar-refractivity contribution in [1.29, 1.82) is 0 Å². The van der Waals surface area contributed by atoms with Crippen molar-refractivity contribution in [1.82, 2.24) is 10.7 Å². The van der Waals surface area contributed by atoms with Gasteiger partial charge in [0.15, 0.2) is 5.11 Å². The molecule has 104 valence electrons. The van der Waals surface area contributed by atoms with Gasteiger partial charge in [-0.25, -0.2) is 0 Å². The number of nitrogens with zero attached hydrogens (tertiary/aromatic N) is 1. The molecule has 3 nitrogen and oxygen atoms in total. The van der Waals surface area contributed by atoms with Crippen molar-refractivity contribution in [2.24, 2.45) is 11.0 Å². The first-order valence-electron chi connectivity index (χ1n) is 6.81. The second-order valence-electron chi connectivity index (χ2n) is 5.16. The molecular formula is C14H21N3S2. The summed E-state index contributed by atoms with van der Waals surface area (Å²) in [5, 5.41) is 8.18. The number of hydrogen-bond acceptors (Lipinski definition) is 3. The molecule has 1 aliphatic rings. The Morgan fingerprint density at radius 3 is 2.89 bits per heavy atom. The molecule has 0 bridgehead atoms. The van der Waals surface area contributed by atoms with Crippen molar-refractivity contribution in [3.05, 3.63) is 21.9 Å². The molecular weight excluding hydrogens is 274 g/mol. The van der Waals surface area contributed by atoms with Gasteiger partial charge in [0.1, 0.15) is 0 Å². The molecule has 2 rings (SSSR count). The maximum atomic E-state index is 5.28. The summed E-state index contributed by atoms with van der Waals surface area (Å²) in [5.74, 6) is 0.692. The predicted molar refractivity (Wildman–Crippen MR) is 86.9 cm³/mol. The van der Waals surface area contributed by atoms with E-state index in [2.05, 4.69) is 41.8 Å². The Balaban J connectivity index is 1.76. The van der Waals surface area contributed by atoms with Crippen molar-refractivity contribution in [3.63, 3.8) is 0 Å². The predicted octanol–water partition coefficient (Wildman–Crippen LogP) is 3.43. The van der Waals surface area contributed by atoms with E-state index in [1.807, 2.05) is 6.21 Å². The average Bonchev–Trinajstić information content (AvgIpc) is 2.78. The van der Waals surface area contributed by atoms with Crippen molar-refractivity contribution in [3.8, 4) is 0 Å². The van der Waals surface area contributed by atoms with Gasteiger partial charge in [-0.3, -0.25) is 5.43 Å². The largest absolute Gasteiger partial charge is 0.358 e. The highest BCUT2D eigenvalue weighted by Crippen LogP contribution is 2.23.